The van der Waals surface area contributed by atoms with E-state index >= 15 is 0 Å². The number of nitriles is 1. The van der Waals surface area contributed by atoms with Gasteiger partial charge in [0, 0.05) is 7.05 Å². The maximum Gasteiger partial charge on any atom is 0.264 e. The molecule has 0 unspecified atom stereocenters. The molecule has 0 fully saturated rings. The van der Waals surface area contributed by atoms with Crippen LogP contribution in [0.3, 0.4) is 0 Å². The average molecular weight is 300 g/mol. The fourth-order valence-electron chi connectivity index (χ4n) is 2.05. The van der Waals surface area contributed by atoms with E-state index in [0.717, 1.165) is 11.1 Å². The molecule has 0 saturated heterocycles. The Morgan fingerprint density at radius 3 is 2.24 bits per heavy atom. The van der Waals surface area contributed by atoms with Crippen LogP contribution >= 0.6 is 0 Å². The van der Waals surface area contributed by atoms with Crippen molar-refractivity contribution in [2.24, 2.45) is 0 Å². The molecule has 0 atom stereocenters. The summed E-state index contributed by atoms with van der Waals surface area (Å²) in [4.78, 5) is 0.171. The lowest BCUT2D eigenvalue weighted by molar-refractivity contribution is 0.594. The highest BCUT2D eigenvalue weighted by molar-refractivity contribution is 7.92. The highest BCUT2D eigenvalue weighted by atomic mass is 32.2. The SMILES string of the molecule is Cc1ccc(C)c(N(C)S(=O)(=O)c2ccc(C#N)cc2)c1. The Morgan fingerprint density at radius 1 is 1.05 bits per heavy atom. The van der Waals surface area contributed by atoms with Crippen molar-refractivity contribution in [1.29, 1.82) is 5.26 Å². The van der Waals surface area contributed by atoms with E-state index in [2.05, 4.69) is 0 Å². The second-order valence-electron chi connectivity index (χ2n) is 4.90. The van der Waals surface area contributed by atoms with Crippen molar-refractivity contribution in [1.82, 2.24) is 0 Å². The number of rotatable bonds is 3. The monoisotopic (exact) mass is 300 g/mol. The van der Waals surface area contributed by atoms with Gasteiger partial charge in [-0.1, -0.05) is 12.1 Å². The molecule has 0 bridgehead atoms. The maximum absolute atomic E-state index is 12.6. The summed E-state index contributed by atoms with van der Waals surface area (Å²) < 4.78 is 26.6. The first kappa shape index (κ1) is 15.1. The van der Waals surface area contributed by atoms with Crippen molar-refractivity contribution < 1.29 is 8.42 Å². The summed E-state index contributed by atoms with van der Waals surface area (Å²) in [6.07, 6.45) is 0. The van der Waals surface area contributed by atoms with Gasteiger partial charge in [0.2, 0.25) is 0 Å². The second kappa shape index (κ2) is 5.58. The molecule has 0 heterocycles. The van der Waals surface area contributed by atoms with E-state index in [0.29, 0.717) is 11.3 Å². The molecule has 0 aliphatic carbocycles. The van der Waals surface area contributed by atoms with Gasteiger partial charge in [0.15, 0.2) is 0 Å². The van der Waals surface area contributed by atoms with Crippen molar-refractivity contribution in [3.8, 4) is 6.07 Å². The minimum Gasteiger partial charge on any atom is -0.269 e. The van der Waals surface area contributed by atoms with E-state index in [1.54, 1.807) is 0 Å². The Bertz CT molecular complexity index is 803. The highest BCUT2D eigenvalue weighted by Crippen LogP contribution is 2.26. The van der Waals surface area contributed by atoms with Crippen molar-refractivity contribution in [2.45, 2.75) is 18.7 Å². The first-order valence-corrected chi connectivity index (χ1v) is 7.86. The zero-order valence-electron chi connectivity index (χ0n) is 12.2. The molecular weight excluding hydrogens is 284 g/mol. The number of hydrogen-bond donors (Lipinski definition) is 0. The van der Waals surface area contributed by atoms with Crippen LogP contribution in [0.4, 0.5) is 5.69 Å². The maximum atomic E-state index is 12.6. The van der Waals surface area contributed by atoms with E-state index < -0.39 is 10.0 Å². The third-order valence-corrected chi connectivity index (χ3v) is 5.13. The zero-order valence-corrected chi connectivity index (χ0v) is 13.0. The second-order valence-corrected chi connectivity index (χ2v) is 6.87. The third-order valence-electron chi connectivity index (χ3n) is 3.35. The first-order chi connectivity index (χ1) is 9.86. The average Bonchev–Trinajstić information content (AvgIpc) is 2.49. The predicted octanol–water partition coefficient (Wildman–Crippen LogP) is 3.00. The van der Waals surface area contributed by atoms with E-state index in [-0.39, 0.29) is 4.90 Å². The Morgan fingerprint density at radius 2 is 1.67 bits per heavy atom. The van der Waals surface area contributed by atoms with Crippen LogP contribution in [-0.4, -0.2) is 15.5 Å². The summed E-state index contributed by atoms with van der Waals surface area (Å²) in [5.41, 5.74) is 2.97. The van der Waals surface area contributed by atoms with Crippen LogP contribution in [0.5, 0.6) is 0 Å². The molecule has 21 heavy (non-hydrogen) atoms. The molecule has 0 saturated carbocycles. The van der Waals surface area contributed by atoms with Crippen LogP contribution in [0.15, 0.2) is 47.4 Å². The largest absolute Gasteiger partial charge is 0.269 e. The molecule has 4 nitrogen and oxygen atoms in total. The lowest BCUT2D eigenvalue weighted by atomic mass is 10.1. The topological polar surface area (TPSA) is 61.2 Å². The first-order valence-electron chi connectivity index (χ1n) is 6.42. The quantitative estimate of drug-likeness (QED) is 0.875. The molecule has 108 valence electrons. The number of benzene rings is 2. The standard InChI is InChI=1S/C16H16N2O2S/c1-12-4-5-13(2)16(10-12)18(3)21(19,20)15-8-6-14(11-17)7-9-15/h4-10H,1-3H3. The molecule has 0 aromatic heterocycles. The molecule has 5 heteroatoms. The summed E-state index contributed by atoms with van der Waals surface area (Å²) in [7, 11) is -2.10. The van der Waals surface area contributed by atoms with Crippen molar-refractivity contribution in [3.05, 3.63) is 59.2 Å². The number of hydrogen-bond acceptors (Lipinski definition) is 3. The van der Waals surface area contributed by atoms with Gasteiger partial charge < -0.3 is 0 Å². The van der Waals surface area contributed by atoms with Crippen LogP contribution in [0.2, 0.25) is 0 Å². The Kier molecular flexibility index (Phi) is 4.01. The van der Waals surface area contributed by atoms with Crippen LogP contribution in [0, 0.1) is 25.2 Å². The molecule has 0 N–H and O–H groups in total. The van der Waals surface area contributed by atoms with Gasteiger partial charge in [-0.3, -0.25) is 4.31 Å². The fraction of sp³-hybridized carbons (Fsp3) is 0.188. The lowest BCUT2D eigenvalue weighted by Gasteiger charge is -2.22. The fourth-order valence-corrected chi connectivity index (χ4v) is 3.30. The molecule has 0 spiro atoms. The van der Waals surface area contributed by atoms with Crippen LogP contribution in [0.1, 0.15) is 16.7 Å². The van der Waals surface area contributed by atoms with Crippen LogP contribution < -0.4 is 4.31 Å². The van der Waals surface area contributed by atoms with Crippen molar-refractivity contribution in [2.75, 3.05) is 11.4 Å². The van der Waals surface area contributed by atoms with Crippen molar-refractivity contribution >= 4 is 15.7 Å². The Balaban J connectivity index is 2.47. The summed E-state index contributed by atoms with van der Waals surface area (Å²) in [6, 6.07) is 13.6. The number of anilines is 1. The molecule has 0 aliphatic heterocycles. The van der Waals surface area contributed by atoms with Gasteiger partial charge in [0.25, 0.3) is 10.0 Å². The van der Waals surface area contributed by atoms with Gasteiger partial charge >= 0.3 is 0 Å². The molecule has 0 amide bonds. The van der Waals surface area contributed by atoms with Gasteiger partial charge in [-0.2, -0.15) is 5.26 Å². The summed E-state index contributed by atoms with van der Waals surface area (Å²) in [6.45, 7) is 3.80. The predicted molar refractivity (Wildman–Crippen MR) is 82.7 cm³/mol. The minimum absolute atomic E-state index is 0.171. The molecule has 2 aromatic rings. The van der Waals surface area contributed by atoms with Gasteiger partial charge in [-0.25, -0.2) is 8.42 Å². The number of sulfonamides is 1. The van der Waals surface area contributed by atoms with Gasteiger partial charge in [0.1, 0.15) is 0 Å². The third kappa shape index (κ3) is 2.91. The number of aryl methyl sites for hydroxylation is 2. The van der Waals surface area contributed by atoms with E-state index in [1.807, 2.05) is 38.1 Å². The summed E-state index contributed by atoms with van der Waals surface area (Å²) >= 11 is 0. The minimum atomic E-state index is -3.63. The normalized spacial score (nSPS) is 11.0. The van der Waals surface area contributed by atoms with E-state index in [1.165, 1.54) is 35.6 Å². The molecule has 0 aliphatic rings. The van der Waals surface area contributed by atoms with Gasteiger partial charge in [0.05, 0.1) is 22.2 Å². The molecule has 0 radical (unpaired) electrons. The Labute approximate surface area is 125 Å². The van der Waals surface area contributed by atoms with E-state index in [9.17, 15) is 8.42 Å². The zero-order chi connectivity index (χ0) is 15.6. The summed E-state index contributed by atoms with van der Waals surface area (Å²) in [5.74, 6) is 0. The lowest BCUT2D eigenvalue weighted by Crippen LogP contribution is -2.27. The Hall–Kier alpha value is -2.32. The highest BCUT2D eigenvalue weighted by Gasteiger charge is 2.22. The molecule has 2 aromatic carbocycles. The van der Waals surface area contributed by atoms with Gasteiger partial charge in [-0.05, 0) is 55.3 Å². The van der Waals surface area contributed by atoms with Gasteiger partial charge in [-0.15, -0.1) is 0 Å². The molecular formula is C16H16N2O2S. The molecule has 2 rings (SSSR count). The van der Waals surface area contributed by atoms with Crippen molar-refractivity contribution in [3.63, 3.8) is 0 Å². The number of nitrogens with zero attached hydrogens (tertiary/aromatic N) is 2. The smallest absolute Gasteiger partial charge is 0.264 e. The summed E-state index contributed by atoms with van der Waals surface area (Å²) in [5, 5.41) is 8.78. The van der Waals surface area contributed by atoms with E-state index in [4.69, 9.17) is 5.26 Å². The van der Waals surface area contributed by atoms with Crippen LogP contribution in [0.25, 0.3) is 0 Å². The van der Waals surface area contributed by atoms with Crippen LogP contribution in [-0.2, 0) is 10.0 Å².